The number of rotatable bonds is 7. The van der Waals surface area contributed by atoms with Crippen molar-refractivity contribution in [2.24, 2.45) is 0 Å². The van der Waals surface area contributed by atoms with Gasteiger partial charge in [0.15, 0.2) is 5.76 Å². The molecule has 31 heavy (non-hydrogen) atoms. The number of fused-ring (bicyclic) bond motifs is 1. The van der Waals surface area contributed by atoms with Gasteiger partial charge in [-0.3, -0.25) is 9.52 Å². The molecule has 0 radical (unpaired) electrons. The molecule has 8 heteroatoms. The molecule has 0 fully saturated rings. The molecule has 4 rings (SSSR count). The summed E-state index contributed by atoms with van der Waals surface area (Å²) in [4.78, 5) is 14.4. The average molecular weight is 441 g/mol. The second-order valence-electron chi connectivity index (χ2n) is 7.36. The Labute approximate surface area is 181 Å². The minimum Gasteiger partial charge on any atom is -0.494 e. The van der Waals surface area contributed by atoms with Crippen LogP contribution in [0.15, 0.2) is 70.2 Å². The Morgan fingerprint density at radius 1 is 1.13 bits per heavy atom. The van der Waals surface area contributed by atoms with Gasteiger partial charge in [0.2, 0.25) is 0 Å². The van der Waals surface area contributed by atoms with E-state index in [1.165, 1.54) is 18.4 Å². The molecule has 0 aliphatic carbocycles. The van der Waals surface area contributed by atoms with Crippen molar-refractivity contribution in [3.05, 3.63) is 77.7 Å². The first-order valence-corrected chi connectivity index (χ1v) is 11.6. The second-order valence-corrected chi connectivity index (χ2v) is 9.05. The third-order valence-electron chi connectivity index (χ3n) is 5.10. The van der Waals surface area contributed by atoms with Crippen molar-refractivity contribution in [1.29, 1.82) is 0 Å². The van der Waals surface area contributed by atoms with E-state index < -0.39 is 10.0 Å². The molecule has 0 saturated heterocycles. The molecule has 162 valence electrons. The Bertz CT molecular complexity index is 1160. The van der Waals surface area contributed by atoms with Crippen LogP contribution in [0.4, 0.5) is 5.69 Å². The van der Waals surface area contributed by atoms with E-state index in [0.29, 0.717) is 43.3 Å². The largest absolute Gasteiger partial charge is 0.494 e. The third-order valence-corrected chi connectivity index (χ3v) is 6.49. The van der Waals surface area contributed by atoms with Crippen molar-refractivity contribution < 1.29 is 22.4 Å². The van der Waals surface area contributed by atoms with Crippen LogP contribution in [-0.4, -0.2) is 32.4 Å². The fourth-order valence-electron chi connectivity index (χ4n) is 3.50. The number of hydrogen-bond acceptors (Lipinski definition) is 5. The van der Waals surface area contributed by atoms with Gasteiger partial charge in [0.25, 0.3) is 15.9 Å². The molecule has 0 saturated carbocycles. The van der Waals surface area contributed by atoms with Crippen LogP contribution in [0.25, 0.3) is 0 Å². The smallest absolute Gasteiger partial charge is 0.289 e. The molecule has 1 aliphatic heterocycles. The first-order chi connectivity index (χ1) is 15.0. The highest BCUT2D eigenvalue weighted by molar-refractivity contribution is 7.92. The maximum absolute atomic E-state index is 12.8. The summed E-state index contributed by atoms with van der Waals surface area (Å²) in [6, 6.07) is 15.1. The number of furan rings is 1. The number of nitrogens with zero attached hydrogens (tertiary/aromatic N) is 1. The zero-order chi connectivity index (χ0) is 21.8. The molecule has 0 unspecified atom stereocenters. The van der Waals surface area contributed by atoms with Crippen LogP contribution >= 0.6 is 0 Å². The van der Waals surface area contributed by atoms with Crippen LogP contribution in [0, 0.1) is 0 Å². The minimum atomic E-state index is -3.74. The van der Waals surface area contributed by atoms with Crippen molar-refractivity contribution in [3.8, 4) is 5.75 Å². The fraction of sp³-hybridized carbons (Fsp3) is 0.261. The molecule has 7 nitrogen and oxygen atoms in total. The number of hydrogen-bond donors (Lipinski definition) is 1. The highest BCUT2D eigenvalue weighted by Crippen LogP contribution is 2.26. The van der Waals surface area contributed by atoms with Gasteiger partial charge in [-0.15, -0.1) is 0 Å². The zero-order valence-electron chi connectivity index (χ0n) is 17.2. The zero-order valence-corrected chi connectivity index (χ0v) is 18.0. The van der Waals surface area contributed by atoms with Gasteiger partial charge in [-0.2, -0.15) is 0 Å². The van der Waals surface area contributed by atoms with Crippen molar-refractivity contribution in [3.63, 3.8) is 0 Å². The molecule has 1 aromatic heterocycles. The Morgan fingerprint density at radius 3 is 2.65 bits per heavy atom. The summed E-state index contributed by atoms with van der Waals surface area (Å²) in [6.07, 6.45) is 3.05. The number of nitrogens with one attached hydrogen (secondary N) is 1. The molecule has 1 aliphatic rings. The molecule has 0 spiro atoms. The summed E-state index contributed by atoms with van der Waals surface area (Å²) in [5.41, 5.74) is 2.47. The monoisotopic (exact) mass is 440 g/mol. The van der Waals surface area contributed by atoms with E-state index in [4.69, 9.17) is 9.15 Å². The lowest BCUT2D eigenvalue weighted by atomic mass is 9.99. The van der Waals surface area contributed by atoms with Crippen LogP contribution in [0.3, 0.4) is 0 Å². The number of anilines is 1. The van der Waals surface area contributed by atoms with Crippen LogP contribution in [0.2, 0.25) is 0 Å². The van der Waals surface area contributed by atoms with Gasteiger partial charge in [0.1, 0.15) is 5.75 Å². The predicted octanol–water partition coefficient (Wildman–Crippen LogP) is 4.07. The Balaban J connectivity index is 1.49. The van der Waals surface area contributed by atoms with Crippen molar-refractivity contribution in [2.45, 2.75) is 31.2 Å². The van der Waals surface area contributed by atoms with E-state index in [1.54, 1.807) is 41.3 Å². The fourth-order valence-corrected chi connectivity index (χ4v) is 4.55. The van der Waals surface area contributed by atoms with E-state index in [0.717, 1.165) is 17.5 Å². The quantitative estimate of drug-likeness (QED) is 0.598. The van der Waals surface area contributed by atoms with Gasteiger partial charge in [-0.1, -0.05) is 13.0 Å². The highest BCUT2D eigenvalue weighted by Gasteiger charge is 2.24. The number of carbonyl (C=O) groups excluding carboxylic acids is 1. The number of carbonyl (C=O) groups is 1. The van der Waals surface area contributed by atoms with E-state index in [-0.39, 0.29) is 10.8 Å². The van der Waals surface area contributed by atoms with Crippen LogP contribution in [0.5, 0.6) is 5.75 Å². The van der Waals surface area contributed by atoms with Crippen LogP contribution in [0.1, 0.15) is 35.0 Å². The second kappa shape index (κ2) is 8.85. The van der Waals surface area contributed by atoms with E-state index in [2.05, 4.69) is 4.72 Å². The SMILES string of the molecule is CCCOc1ccc(S(=O)(=O)Nc2ccc3c(c2)CN(C(=O)c2ccco2)CC3)cc1. The lowest BCUT2D eigenvalue weighted by molar-refractivity contribution is 0.0702. The normalized spacial score (nSPS) is 13.5. The first-order valence-electron chi connectivity index (χ1n) is 10.2. The van der Waals surface area contributed by atoms with Gasteiger partial charge < -0.3 is 14.1 Å². The predicted molar refractivity (Wildman–Crippen MR) is 117 cm³/mol. The minimum absolute atomic E-state index is 0.156. The summed E-state index contributed by atoms with van der Waals surface area (Å²) in [6.45, 7) is 3.57. The van der Waals surface area contributed by atoms with Crippen molar-refractivity contribution in [2.75, 3.05) is 17.9 Å². The summed E-state index contributed by atoms with van der Waals surface area (Å²) < 4.78 is 38.9. The molecular weight excluding hydrogens is 416 g/mol. The number of benzene rings is 2. The van der Waals surface area contributed by atoms with Gasteiger partial charge in [-0.05, 0) is 72.5 Å². The standard InChI is InChI=1S/C23H24N2O5S/c1-2-13-29-20-7-9-21(10-8-20)31(27,28)24-19-6-5-17-11-12-25(16-18(17)15-19)23(26)22-4-3-14-30-22/h3-10,14-15,24H,2,11-13,16H2,1H3. The Morgan fingerprint density at radius 2 is 1.94 bits per heavy atom. The van der Waals surface area contributed by atoms with Crippen LogP contribution in [-0.2, 0) is 23.0 Å². The first kappa shape index (κ1) is 21.0. The van der Waals surface area contributed by atoms with Crippen molar-refractivity contribution >= 4 is 21.6 Å². The van der Waals surface area contributed by atoms with E-state index in [9.17, 15) is 13.2 Å². The topological polar surface area (TPSA) is 88.9 Å². The molecule has 0 atom stereocenters. The van der Waals surface area contributed by atoms with Crippen molar-refractivity contribution in [1.82, 2.24) is 4.90 Å². The molecule has 2 aromatic carbocycles. The molecule has 3 aromatic rings. The average Bonchev–Trinajstić information content (AvgIpc) is 3.31. The molecule has 1 amide bonds. The number of sulfonamides is 1. The van der Waals surface area contributed by atoms with Gasteiger partial charge >= 0.3 is 0 Å². The van der Waals surface area contributed by atoms with E-state index in [1.807, 2.05) is 13.0 Å². The van der Waals surface area contributed by atoms with Crippen LogP contribution < -0.4 is 9.46 Å². The highest BCUT2D eigenvalue weighted by atomic mass is 32.2. The Kier molecular flexibility index (Phi) is 5.99. The van der Waals surface area contributed by atoms with E-state index >= 15 is 0 Å². The lowest BCUT2D eigenvalue weighted by Gasteiger charge is -2.28. The molecule has 2 heterocycles. The maximum Gasteiger partial charge on any atom is 0.289 e. The van der Waals surface area contributed by atoms with Gasteiger partial charge in [0, 0.05) is 18.8 Å². The summed E-state index contributed by atoms with van der Waals surface area (Å²) >= 11 is 0. The third kappa shape index (κ3) is 4.74. The molecule has 0 bridgehead atoms. The van der Waals surface area contributed by atoms with Gasteiger partial charge in [-0.25, -0.2) is 8.42 Å². The summed E-state index contributed by atoms with van der Waals surface area (Å²) in [7, 11) is -3.74. The number of amides is 1. The molecular formula is C23H24N2O5S. The van der Waals surface area contributed by atoms with Gasteiger partial charge in [0.05, 0.1) is 17.8 Å². The molecule has 1 N–H and O–H groups in total. The lowest BCUT2D eigenvalue weighted by Crippen LogP contribution is -2.35. The maximum atomic E-state index is 12.8. The Hall–Kier alpha value is -3.26. The summed E-state index contributed by atoms with van der Waals surface area (Å²) in [5.74, 6) is 0.759. The number of ether oxygens (including phenoxy) is 1. The summed E-state index contributed by atoms with van der Waals surface area (Å²) in [5, 5.41) is 0.